The van der Waals surface area contributed by atoms with Crippen LogP contribution in [0.4, 0.5) is 0 Å². The van der Waals surface area contributed by atoms with Crippen LogP contribution in [-0.2, 0) is 0 Å². The Morgan fingerprint density at radius 2 is 1.25 bits per heavy atom. The average molecular weight is 286 g/mol. The Hall–Kier alpha value is -0.430. The van der Waals surface area contributed by atoms with Crippen molar-refractivity contribution in [3.63, 3.8) is 0 Å². The molecule has 1 aliphatic heterocycles. The number of thioether (sulfide) groups is 1. The van der Waals surface area contributed by atoms with E-state index in [1.165, 1.54) is 51.4 Å². The molecule has 1 saturated heterocycles. The van der Waals surface area contributed by atoms with Gasteiger partial charge in [-0.3, -0.25) is 0 Å². The first-order valence-corrected chi connectivity index (χ1v) is 9.58. The lowest BCUT2D eigenvalue weighted by atomic mass is 9.66. The molecule has 0 spiro atoms. The van der Waals surface area contributed by atoms with Crippen LogP contribution in [0.1, 0.15) is 62.8 Å². The fraction of sp³-hybridized carbons (Fsp3) is 0.684. The van der Waals surface area contributed by atoms with Crippen molar-refractivity contribution in [2.24, 2.45) is 11.8 Å². The number of fused-ring (bicyclic) bond motifs is 2. The van der Waals surface area contributed by atoms with Gasteiger partial charge < -0.3 is 0 Å². The molecule has 0 nitrogen and oxygen atoms in total. The molecule has 3 aliphatic rings. The van der Waals surface area contributed by atoms with E-state index < -0.39 is 0 Å². The first-order valence-electron chi connectivity index (χ1n) is 8.64. The summed E-state index contributed by atoms with van der Waals surface area (Å²) in [5.41, 5.74) is 1.65. The van der Waals surface area contributed by atoms with Gasteiger partial charge >= 0.3 is 0 Å². The van der Waals surface area contributed by atoms with Crippen molar-refractivity contribution in [1.29, 1.82) is 0 Å². The van der Waals surface area contributed by atoms with Crippen molar-refractivity contribution < 1.29 is 0 Å². The average Bonchev–Trinajstić information content (AvgIpc) is 2.53. The highest BCUT2D eigenvalue weighted by atomic mass is 32.2. The molecule has 1 heterocycles. The molecule has 2 saturated carbocycles. The zero-order chi connectivity index (χ0) is 13.4. The smallest absolute Gasteiger partial charge is 0.00841 e. The van der Waals surface area contributed by atoms with Gasteiger partial charge in [0.05, 0.1) is 0 Å². The molecular formula is C19H26S. The molecule has 0 N–H and O–H groups in total. The van der Waals surface area contributed by atoms with E-state index in [0.717, 1.165) is 28.3 Å². The van der Waals surface area contributed by atoms with E-state index in [1.807, 2.05) is 0 Å². The molecule has 0 amide bonds. The first-order chi connectivity index (χ1) is 9.93. The topological polar surface area (TPSA) is 0 Å². The molecular weight excluding hydrogens is 260 g/mol. The molecule has 20 heavy (non-hydrogen) atoms. The summed E-state index contributed by atoms with van der Waals surface area (Å²) in [4.78, 5) is 0. The lowest BCUT2D eigenvalue weighted by molar-refractivity contribution is 0.197. The van der Waals surface area contributed by atoms with E-state index >= 15 is 0 Å². The van der Waals surface area contributed by atoms with Gasteiger partial charge in [-0.1, -0.05) is 56.0 Å². The summed E-state index contributed by atoms with van der Waals surface area (Å²) in [5.74, 6) is 2.80. The fourth-order valence-electron chi connectivity index (χ4n) is 5.12. The van der Waals surface area contributed by atoms with Crippen molar-refractivity contribution in [3.8, 4) is 0 Å². The molecule has 4 rings (SSSR count). The molecule has 1 aromatic carbocycles. The van der Waals surface area contributed by atoms with Crippen LogP contribution >= 0.6 is 11.8 Å². The standard InChI is InChI=1S/C19H26S/c1-2-8-14(9-3-1)19-15-10-4-6-12-17(15)20-18-13-7-5-11-16(18)19/h1-3,8-9,15-19H,4-7,10-13H2. The number of hydrogen-bond donors (Lipinski definition) is 0. The Balaban J connectivity index is 1.69. The largest absolute Gasteiger partial charge is 0.155 e. The van der Waals surface area contributed by atoms with Crippen LogP contribution in [0.2, 0.25) is 0 Å². The van der Waals surface area contributed by atoms with Crippen molar-refractivity contribution in [1.82, 2.24) is 0 Å². The van der Waals surface area contributed by atoms with E-state index in [1.54, 1.807) is 5.56 Å². The molecule has 0 aromatic heterocycles. The third kappa shape index (κ3) is 2.32. The minimum Gasteiger partial charge on any atom is -0.155 e. The normalized spacial score (nSPS) is 40.7. The zero-order valence-corrected chi connectivity index (χ0v) is 13.2. The maximum atomic E-state index is 2.41. The van der Waals surface area contributed by atoms with Gasteiger partial charge in [0.1, 0.15) is 0 Å². The molecule has 0 radical (unpaired) electrons. The summed E-state index contributed by atoms with van der Waals surface area (Å²) in [6.07, 6.45) is 11.9. The Morgan fingerprint density at radius 1 is 0.700 bits per heavy atom. The SMILES string of the molecule is c1ccc(C2C3CCCCC3SC3CCCCC32)cc1. The zero-order valence-electron chi connectivity index (χ0n) is 12.3. The second kappa shape index (κ2) is 5.75. The molecule has 4 unspecified atom stereocenters. The predicted molar refractivity (Wildman–Crippen MR) is 88.3 cm³/mol. The Bertz CT molecular complexity index is 418. The highest BCUT2D eigenvalue weighted by Crippen LogP contribution is 2.56. The highest BCUT2D eigenvalue weighted by molar-refractivity contribution is 8.00. The second-order valence-electron chi connectivity index (χ2n) is 7.05. The van der Waals surface area contributed by atoms with Gasteiger partial charge in [0.25, 0.3) is 0 Å². The van der Waals surface area contributed by atoms with Gasteiger partial charge in [0, 0.05) is 10.5 Å². The minimum absolute atomic E-state index is 0.869. The summed E-state index contributed by atoms with van der Waals surface area (Å²) >= 11 is 2.40. The monoisotopic (exact) mass is 286 g/mol. The molecule has 1 heteroatoms. The lowest BCUT2D eigenvalue weighted by Gasteiger charge is -2.51. The van der Waals surface area contributed by atoms with Gasteiger partial charge in [0.2, 0.25) is 0 Å². The molecule has 2 aliphatic carbocycles. The van der Waals surface area contributed by atoms with E-state index in [2.05, 4.69) is 42.1 Å². The van der Waals surface area contributed by atoms with Crippen LogP contribution in [0.25, 0.3) is 0 Å². The summed E-state index contributed by atoms with van der Waals surface area (Å²) in [6, 6.07) is 11.5. The van der Waals surface area contributed by atoms with E-state index in [9.17, 15) is 0 Å². The van der Waals surface area contributed by atoms with E-state index in [4.69, 9.17) is 0 Å². The maximum Gasteiger partial charge on any atom is 0.00841 e. The van der Waals surface area contributed by atoms with Crippen molar-refractivity contribution in [3.05, 3.63) is 35.9 Å². The van der Waals surface area contributed by atoms with Gasteiger partial charge in [-0.15, -0.1) is 0 Å². The second-order valence-corrected chi connectivity index (χ2v) is 8.53. The van der Waals surface area contributed by atoms with Crippen molar-refractivity contribution in [2.75, 3.05) is 0 Å². The van der Waals surface area contributed by atoms with Gasteiger partial charge in [0.15, 0.2) is 0 Å². The maximum absolute atomic E-state index is 2.41. The van der Waals surface area contributed by atoms with E-state index in [0.29, 0.717) is 0 Å². The first kappa shape index (κ1) is 13.2. The van der Waals surface area contributed by atoms with Gasteiger partial charge in [-0.2, -0.15) is 11.8 Å². The van der Waals surface area contributed by atoms with Crippen molar-refractivity contribution >= 4 is 11.8 Å². The highest BCUT2D eigenvalue weighted by Gasteiger charge is 2.46. The van der Waals surface area contributed by atoms with E-state index in [-0.39, 0.29) is 0 Å². The summed E-state index contributed by atoms with van der Waals surface area (Å²) < 4.78 is 0. The van der Waals surface area contributed by atoms with Gasteiger partial charge in [-0.25, -0.2) is 0 Å². The number of rotatable bonds is 1. The fourth-order valence-corrected chi connectivity index (χ4v) is 7.19. The third-order valence-corrected chi connectivity index (χ3v) is 7.83. The van der Waals surface area contributed by atoms with Crippen LogP contribution in [0.5, 0.6) is 0 Å². The molecule has 4 atom stereocenters. The predicted octanol–water partition coefficient (Wildman–Crippen LogP) is 5.63. The summed E-state index contributed by atoms with van der Waals surface area (Å²) in [6.45, 7) is 0. The van der Waals surface area contributed by atoms with Gasteiger partial charge in [-0.05, 0) is 49.0 Å². The lowest BCUT2D eigenvalue weighted by Crippen LogP contribution is -2.43. The summed E-state index contributed by atoms with van der Waals surface area (Å²) in [7, 11) is 0. The Labute approximate surface area is 127 Å². The molecule has 1 aromatic rings. The van der Waals surface area contributed by atoms with Crippen LogP contribution in [0.15, 0.2) is 30.3 Å². The molecule has 108 valence electrons. The Kier molecular flexibility index (Phi) is 3.81. The molecule has 3 fully saturated rings. The van der Waals surface area contributed by atoms with Crippen LogP contribution in [0.3, 0.4) is 0 Å². The van der Waals surface area contributed by atoms with Crippen LogP contribution < -0.4 is 0 Å². The summed E-state index contributed by atoms with van der Waals surface area (Å²) in [5, 5.41) is 1.93. The molecule has 0 bridgehead atoms. The quantitative estimate of drug-likeness (QED) is 0.644. The third-order valence-electron chi connectivity index (χ3n) is 5.96. The minimum atomic E-state index is 0.869. The van der Waals surface area contributed by atoms with Crippen LogP contribution in [0, 0.1) is 11.8 Å². The van der Waals surface area contributed by atoms with Crippen molar-refractivity contribution in [2.45, 2.75) is 67.8 Å². The van der Waals surface area contributed by atoms with Crippen LogP contribution in [-0.4, -0.2) is 10.5 Å². The number of hydrogen-bond acceptors (Lipinski definition) is 1. The Morgan fingerprint density at radius 3 is 1.85 bits per heavy atom. The number of benzene rings is 1.